The molecule has 0 heterocycles. The van der Waals surface area contributed by atoms with Crippen molar-refractivity contribution in [3.8, 4) is 0 Å². The van der Waals surface area contributed by atoms with E-state index in [1.54, 1.807) is 13.8 Å². The summed E-state index contributed by atoms with van der Waals surface area (Å²) < 4.78 is 6.20. The summed E-state index contributed by atoms with van der Waals surface area (Å²) in [5, 5.41) is 9.64. The Morgan fingerprint density at radius 1 is 0.893 bits per heavy atom. The molecule has 1 N–H and O–H groups in total. The zero-order chi connectivity index (χ0) is 41.2. The predicted octanol–water partition coefficient (Wildman–Crippen LogP) is 9.36. The Bertz CT molecular complexity index is 1730. The van der Waals surface area contributed by atoms with Crippen LogP contribution >= 0.6 is 0 Å². The molecule has 0 bridgehead atoms. The molecule has 0 unspecified atom stereocenters. The van der Waals surface area contributed by atoms with Gasteiger partial charge in [0, 0.05) is 30.3 Å². The number of likely N-dealkylation sites (N-methyl/N-ethyl adjacent to an activating group) is 1. The van der Waals surface area contributed by atoms with Gasteiger partial charge in [-0.3, -0.25) is 19.2 Å². The smallest absolute Gasteiger partial charge is 0.309 e. The van der Waals surface area contributed by atoms with Gasteiger partial charge in [-0.05, 0) is 137 Å². The van der Waals surface area contributed by atoms with Gasteiger partial charge in [0.05, 0.1) is 18.4 Å². The third-order valence-corrected chi connectivity index (χ3v) is 16.8. The van der Waals surface area contributed by atoms with Crippen LogP contribution in [0.25, 0.3) is 0 Å². The number of aliphatic carboxylic acids is 1. The number of hydrogen-bond acceptors (Lipinski definition) is 6. The number of carboxylic acid groups (broad SMARTS) is 1. The second-order valence-electron chi connectivity index (χ2n) is 21.5. The van der Waals surface area contributed by atoms with Crippen LogP contribution in [0, 0.1) is 56.2 Å². The number of fused-ring (bicyclic) bond motifs is 7. The molecule has 6 rings (SSSR count). The van der Waals surface area contributed by atoms with Crippen LogP contribution in [0.2, 0.25) is 0 Å². The molecule has 5 aliphatic carbocycles. The average molecular weight is 773 g/mol. The summed E-state index contributed by atoms with van der Waals surface area (Å²) in [7, 11) is 3.89. The van der Waals surface area contributed by atoms with Crippen molar-refractivity contribution in [2.75, 3.05) is 27.2 Å². The van der Waals surface area contributed by atoms with E-state index >= 15 is 0 Å². The molecule has 8 nitrogen and oxygen atoms in total. The minimum Gasteiger partial charge on any atom is -0.481 e. The van der Waals surface area contributed by atoms with Crippen molar-refractivity contribution in [2.45, 2.75) is 146 Å². The van der Waals surface area contributed by atoms with Crippen LogP contribution in [0.4, 0.5) is 0 Å². The molecule has 0 aromatic heterocycles. The van der Waals surface area contributed by atoms with Crippen LogP contribution in [0.5, 0.6) is 0 Å². The lowest BCUT2D eigenvalue weighted by atomic mass is 9.33. The lowest BCUT2D eigenvalue weighted by Gasteiger charge is -2.72. The molecular weight excluding hydrogens is 701 g/mol. The van der Waals surface area contributed by atoms with Crippen LogP contribution in [-0.4, -0.2) is 71.8 Å². The molecule has 1 amide bonds. The minimum atomic E-state index is -1.16. The highest BCUT2D eigenvalue weighted by Gasteiger charge is 2.70. The van der Waals surface area contributed by atoms with E-state index in [9.17, 15) is 24.3 Å². The van der Waals surface area contributed by atoms with Crippen molar-refractivity contribution in [1.82, 2.24) is 9.80 Å². The number of amides is 1. The monoisotopic (exact) mass is 773 g/mol. The maximum Gasteiger partial charge on any atom is 0.309 e. The summed E-state index contributed by atoms with van der Waals surface area (Å²) in [6, 6.07) is 10.3. The van der Waals surface area contributed by atoms with Gasteiger partial charge in [-0.2, -0.15) is 0 Å². The number of Topliss-reactive ketones (excluding diaryl/α,β-unsaturated/α-hetero) is 1. The highest BCUT2D eigenvalue weighted by molar-refractivity contribution is 6.00. The summed E-state index contributed by atoms with van der Waals surface area (Å²) in [5.41, 5.74) is 2.26. The van der Waals surface area contributed by atoms with E-state index in [4.69, 9.17) is 4.74 Å². The molecule has 56 heavy (non-hydrogen) atoms. The first-order valence-corrected chi connectivity index (χ1v) is 21.7. The molecule has 4 saturated carbocycles. The standard InChI is InChI=1S/C48H72N2O6/c1-31(2)40-34(51)27-48(25-26-50(38(52)30-49(10)11)29-32-15-13-12-14-16-32)24-23-46(8)33(41(40)48)17-18-36-45(7)21-20-37(56-39(53)28-43(3,4)42(54)55)44(5,6)35(45)19-22-47(36,46)9/h12-16,31,33,35-37H,17-30H2,1-11H3,(H,54,55)/t33-,35+,36-,37+,45+,46-,47-,48-/m1/s1. The second-order valence-corrected chi connectivity index (χ2v) is 21.5. The maximum absolute atomic E-state index is 14.3. The summed E-state index contributed by atoms with van der Waals surface area (Å²) in [4.78, 5) is 56.9. The molecule has 1 aromatic rings. The number of carbonyl (C=O) groups is 4. The van der Waals surface area contributed by atoms with Crippen molar-refractivity contribution in [2.24, 2.45) is 56.2 Å². The molecule has 5 aliphatic rings. The minimum absolute atomic E-state index is 0.0355. The Morgan fingerprint density at radius 3 is 2.20 bits per heavy atom. The molecule has 0 aliphatic heterocycles. The van der Waals surface area contributed by atoms with Gasteiger partial charge in [0.25, 0.3) is 0 Å². The van der Waals surface area contributed by atoms with Crippen LogP contribution in [0.15, 0.2) is 41.5 Å². The fourth-order valence-corrected chi connectivity index (χ4v) is 13.7. The number of carboxylic acids is 1. The lowest BCUT2D eigenvalue weighted by molar-refractivity contribution is -0.233. The second kappa shape index (κ2) is 15.0. The summed E-state index contributed by atoms with van der Waals surface area (Å²) in [6.07, 6.45) is 9.24. The number of esters is 1. The Balaban J connectivity index is 1.28. The summed E-state index contributed by atoms with van der Waals surface area (Å²) >= 11 is 0. The van der Waals surface area contributed by atoms with Crippen LogP contribution < -0.4 is 0 Å². The van der Waals surface area contributed by atoms with E-state index in [1.165, 1.54) is 5.57 Å². The SMILES string of the molecule is CC(C)C1=C2[C@H]3CC[C@@H]4[C@@]5(C)CC[C@H](OC(=O)CC(C)(C)C(=O)O)C(C)(C)[C@@H]5CC[C@@]4(C)[C@]3(C)CC[C@@]2(CCN(Cc2ccccc2)C(=O)CN(C)C)CC1=O. The lowest BCUT2D eigenvalue weighted by Crippen LogP contribution is -2.65. The number of nitrogens with zero attached hydrogens (tertiary/aromatic N) is 2. The fourth-order valence-electron chi connectivity index (χ4n) is 13.7. The predicted molar refractivity (Wildman–Crippen MR) is 220 cm³/mol. The van der Waals surface area contributed by atoms with Crippen molar-refractivity contribution < 1.29 is 29.0 Å². The average Bonchev–Trinajstić information content (AvgIpc) is 3.40. The number of ether oxygens (including phenoxy) is 1. The van der Waals surface area contributed by atoms with Gasteiger partial charge in [0.2, 0.25) is 5.91 Å². The number of allylic oxidation sites excluding steroid dienone is 2. The van der Waals surface area contributed by atoms with Crippen molar-refractivity contribution in [1.29, 1.82) is 0 Å². The van der Waals surface area contributed by atoms with E-state index in [0.717, 1.165) is 68.9 Å². The molecule has 8 heteroatoms. The van der Waals surface area contributed by atoms with E-state index in [0.29, 0.717) is 49.6 Å². The number of benzene rings is 1. The first kappa shape index (κ1) is 42.6. The Kier molecular flexibility index (Phi) is 11.4. The van der Waals surface area contributed by atoms with Crippen LogP contribution in [0.1, 0.15) is 139 Å². The van der Waals surface area contributed by atoms with Crippen molar-refractivity contribution in [3.05, 3.63) is 47.0 Å². The van der Waals surface area contributed by atoms with Gasteiger partial charge in [0.1, 0.15) is 6.10 Å². The number of hydrogen-bond donors (Lipinski definition) is 1. The van der Waals surface area contributed by atoms with Gasteiger partial charge < -0.3 is 19.6 Å². The van der Waals surface area contributed by atoms with Gasteiger partial charge in [-0.15, -0.1) is 0 Å². The topological polar surface area (TPSA) is 104 Å². The molecule has 0 saturated heterocycles. The van der Waals surface area contributed by atoms with Gasteiger partial charge in [-0.1, -0.05) is 84.4 Å². The molecule has 0 spiro atoms. The Hall–Kier alpha value is -3.00. The number of rotatable bonds is 12. The third-order valence-electron chi connectivity index (χ3n) is 16.8. The molecule has 8 atom stereocenters. The zero-order valence-electron chi connectivity index (χ0n) is 36.6. The molecule has 0 radical (unpaired) electrons. The molecular formula is C48H72N2O6. The van der Waals surface area contributed by atoms with Crippen LogP contribution in [-0.2, 0) is 30.5 Å². The van der Waals surface area contributed by atoms with E-state index < -0.39 is 17.4 Å². The van der Waals surface area contributed by atoms with Gasteiger partial charge in [-0.25, -0.2) is 0 Å². The first-order valence-electron chi connectivity index (χ1n) is 21.7. The number of carbonyl (C=O) groups excluding carboxylic acids is 3. The third kappa shape index (κ3) is 7.10. The highest BCUT2D eigenvalue weighted by atomic mass is 16.5. The Morgan fingerprint density at radius 2 is 1.57 bits per heavy atom. The van der Waals surface area contributed by atoms with Crippen molar-refractivity contribution in [3.63, 3.8) is 0 Å². The van der Waals surface area contributed by atoms with Gasteiger partial charge in [0.15, 0.2) is 5.78 Å². The molecule has 310 valence electrons. The van der Waals surface area contributed by atoms with E-state index in [2.05, 4.69) is 60.6 Å². The highest BCUT2D eigenvalue weighted by Crippen LogP contribution is 2.77. The van der Waals surface area contributed by atoms with Gasteiger partial charge >= 0.3 is 11.9 Å². The molecule has 1 aromatic carbocycles. The molecule has 4 fully saturated rings. The summed E-state index contributed by atoms with van der Waals surface area (Å²) in [5.74, 6) is 0.448. The maximum atomic E-state index is 14.3. The van der Waals surface area contributed by atoms with Crippen LogP contribution in [0.3, 0.4) is 0 Å². The van der Waals surface area contributed by atoms with Crippen molar-refractivity contribution >= 4 is 23.6 Å². The quantitative estimate of drug-likeness (QED) is 0.211. The first-order chi connectivity index (χ1) is 26.0. The number of ketones is 1. The van der Waals surface area contributed by atoms with E-state index in [1.807, 2.05) is 42.1 Å². The Labute approximate surface area is 337 Å². The fraction of sp³-hybridized carbons (Fsp3) is 0.750. The summed E-state index contributed by atoms with van der Waals surface area (Å²) in [6.45, 7) is 21.5. The zero-order valence-corrected chi connectivity index (χ0v) is 36.6. The van der Waals surface area contributed by atoms with E-state index in [-0.39, 0.29) is 51.4 Å². The largest absolute Gasteiger partial charge is 0.481 e. The normalized spacial score (nSPS) is 35.1.